The van der Waals surface area contributed by atoms with Crippen molar-refractivity contribution in [3.63, 3.8) is 0 Å². The quantitative estimate of drug-likeness (QED) is 0.616. The Morgan fingerprint density at radius 1 is 1.20 bits per heavy atom. The number of rotatable bonds is 8. The summed E-state index contributed by atoms with van der Waals surface area (Å²) in [6.07, 6.45) is 2.22. The van der Waals surface area contributed by atoms with Crippen molar-refractivity contribution in [2.75, 3.05) is 38.7 Å². The molecule has 0 radical (unpaired) electrons. The summed E-state index contributed by atoms with van der Waals surface area (Å²) >= 11 is 0.951. The van der Waals surface area contributed by atoms with Gasteiger partial charge in [-0.05, 0) is 31.4 Å². The topological polar surface area (TPSA) is 114 Å². The van der Waals surface area contributed by atoms with Gasteiger partial charge >= 0.3 is 0 Å². The highest BCUT2D eigenvalue weighted by Gasteiger charge is 2.30. The van der Waals surface area contributed by atoms with E-state index in [1.54, 1.807) is 24.1 Å². The Morgan fingerprint density at radius 3 is 2.73 bits per heavy atom. The zero-order chi connectivity index (χ0) is 21.3. The van der Waals surface area contributed by atoms with Crippen molar-refractivity contribution in [3.8, 4) is 0 Å². The molecule has 2 N–H and O–H groups in total. The van der Waals surface area contributed by atoms with Gasteiger partial charge in [0.2, 0.25) is 15.9 Å². The number of methoxy groups -OCH3 is 1. The number of carbonyl (C=O) groups excluding carboxylic acids is 3. The third-order valence-corrected chi connectivity index (χ3v) is 5.65. The minimum atomic E-state index is -0.412. The van der Waals surface area contributed by atoms with E-state index in [4.69, 9.17) is 4.74 Å². The lowest BCUT2D eigenvalue weighted by Gasteiger charge is -2.31. The van der Waals surface area contributed by atoms with Gasteiger partial charge in [-0.3, -0.25) is 14.4 Å². The van der Waals surface area contributed by atoms with Gasteiger partial charge in [0.1, 0.15) is 0 Å². The molecule has 2 heterocycles. The van der Waals surface area contributed by atoms with Crippen molar-refractivity contribution in [2.45, 2.75) is 19.3 Å². The van der Waals surface area contributed by atoms with E-state index in [2.05, 4.69) is 20.8 Å². The molecule has 2 aromatic rings. The summed E-state index contributed by atoms with van der Waals surface area (Å²) in [5.41, 5.74) is 0.640. The number of para-hydroxylation sites is 1. The number of nitrogens with zero attached hydrogens (tertiary/aromatic N) is 3. The number of ether oxygens (including phenoxy) is 1. The molecule has 3 amide bonds. The van der Waals surface area contributed by atoms with Crippen LogP contribution in [0.2, 0.25) is 0 Å². The van der Waals surface area contributed by atoms with Gasteiger partial charge in [-0.25, -0.2) is 0 Å². The molecule has 0 bridgehead atoms. The summed E-state index contributed by atoms with van der Waals surface area (Å²) in [6, 6.07) is 9.00. The maximum Gasteiger partial charge on any atom is 0.286 e. The fraction of sp³-hybridized carbons (Fsp3) is 0.450. The Labute approximate surface area is 178 Å². The van der Waals surface area contributed by atoms with Crippen molar-refractivity contribution >= 4 is 34.7 Å². The molecule has 1 aliphatic heterocycles. The normalized spacial score (nSPS) is 16.2. The predicted octanol–water partition coefficient (Wildman–Crippen LogP) is 1.80. The first kappa shape index (κ1) is 21.8. The minimum Gasteiger partial charge on any atom is -0.385 e. The summed E-state index contributed by atoms with van der Waals surface area (Å²) < 4.78 is 4.97. The summed E-state index contributed by atoms with van der Waals surface area (Å²) in [5, 5.41) is 13.6. The van der Waals surface area contributed by atoms with Crippen LogP contribution in [0.1, 0.15) is 38.9 Å². The Morgan fingerprint density at radius 2 is 1.97 bits per heavy atom. The summed E-state index contributed by atoms with van der Waals surface area (Å²) in [5.74, 6) is -1.02. The molecule has 9 nitrogen and oxygen atoms in total. The highest BCUT2D eigenvalue weighted by Crippen LogP contribution is 2.21. The van der Waals surface area contributed by atoms with Gasteiger partial charge in [0.15, 0.2) is 0 Å². The number of carbonyl (C=O) groups is 3. The van der Waals surface area contributed by atoms with Crippen LogP contribution >= 0.6 is 11.3 Å². The van der Waals surface area contributed by atoms with E-state index < -0.39 is 5.91 Å². The molecule has 1 aromatic heterocycles. The van der Waals surface area contributed by atoms with Crippen LogP contribution in [0.5, 0.6) is 0 Å². The Balaban J connectivity index is 1.56. The lowest BCUT2D eigenvalue weighted by molar-refractivity contribution is -0.126. The summed E-state index contributed by atoms with van der Waals surface area (Å²) in [6.45, 7) is 2.03. The van der Waals surface area contributed by atoms with Gasteiger partial charge in [-0.2, -0.15) is 0 Å². The fourth-order valence-corrected chi connectivity index (χ4v) is 3.90. The first-order valence-corrected chi connectivity index (χ1v) is 10.7. The second kappa shape index (κ2) is 10.8. The predicted molar refractivity (Wildman–Crippen MR) is 112 cm³/mol. The molecule has 0 spiro atoms. The number of aromatic nitrogens is 2. The Bertz CT molecular complexity index is 873. The second-order valence-corrected chi connectivity index (χ2v) is 7.94. The van der Waals surface area contributed by atoms with Crippen molar-refractivity contribution in [3.05, 3.63) is 40.3 Å². The number of benzene rings is 1. The average Bonchev–Trinajstić information content (AvgIpc) is 3.27. The Kier molecular flexibility index (Phi) is 7.86. The van der Waals surface area contributed by atoms with Gasteiger partial charge in [-0.1, -0.05) is 29.5 Å². The number of likely N-dealkylation sites (tertiary alicyclic amines) is 1. The van der Waals surface area contributed by atoms with E-state index in [9.17, 15) is 14.4 Å². The average molecular weight is 432 g/mol. The van der Waals surface area contributed by atoms with E-state index in [1.165, 1.54) is 0 Å². The number of hydrogen-bond acceptors (Lipinski definition) is 7. The molecule has 0 saturated carbocycles. The van der Waals surface area contributed by atoms with Gasteiger partial charge in [-0.15, -0.1) is 10.2 Å². The molecule has 1 fully saturated rings. The molecular weight excluding hydrogens is 406 g/mol. The molecule has 1 aliphatic rings. The van der Waals surface area contributed by atoms with Crippen molar-refractivity contribution in [1.29, 1.82) is 0 Å². The SMILES string of the molecule is COCCCNC(=O)[C@H]1CCCN(C(=O)c2nnc(C(=O)Nc3ccccc3)s2)C1. The van der Waals surface area contributed by atoms with E-state index >= 15 is 0 Å². The Hall–Kier alpha value is -2.85. The molecule has 160 valence electrons. The molecule has 10 heteroatoms. The maximum atomic E-state index is 12.8. The number of amides is 3. The van der Waals surface area contributed by atoms with Crippen LogP contribution in [0.3, 0.4) is 0 Å². The molecule has 0 aliphatic carbocycles. The van der Waals surface area contributed by atoms with E-state index in [0.29, 0.717) is 31.9 Å². The largest absolute Gasteiger partial charge is 0.385 e. The zero-order valence-electron chi connectivity index (χ0n) is 16.8. The van der Waals surface area contributed by atoms with Crippen molar-refractivity contribution in [2.24, 2.45) is 5.92 Å². The van der Waals surface area contributed by atoms with E-state index in [0.717, 1.165) is 30.6 Å². The number of piperidine rings is 1. The number of nitrogens with one attached hydrogen (secondary N) is 2. The highest BCUT2D eigenvalue weighted by atomic mass is 32.1. The van der Waals surface area contributed by atoms with Crippen LogP contribution < -0.4 is 10.6 Å². The lowest BCUT2D eigenvalue weighted by Crippen LogP contribution is -2.45. The molecule has 30 heavy (non-hydrogen) atoms. The monoisotopic (exact) mass is 431 g/mol. The van der Waals surface area contributed by atoms with Gasteiger partial charge < -0.3 is 20.3 Å². The number of hydrogen-bond donors (Lipinski definition) is 2. The highest BCUT2D eigenvalue weighted by molar-refractivity contribution is 7.15. The van der Waals surface area contributed by atoms with Crippen LogP contribution in [0.4, 0.5) is 5.69 Å². The molecule has 3 rings (SSSR count). The molecule has 1 aromatic carbocycles. The van der Waals surface area contributed by atoms with Crippen LogP contribution in [-0.4, -0.2) is 66.2 Å². The fourth-order valence-electron chi connectivity index (χ4n) is 3.19. The van der Waals surface area contributed by atoms with E-state index in [1.807, 2.05) is 18.2 Å². The third kappa shape index (κ3) is 5.83. The molecule has 1 atom stereocenters. The number of anilines is 1. The lowest BCUT2D eigenvalue weighted by atomic mass is 9.97. The molecular formula is C20H25N5O4S. The van der Waals surface area contributed by atoms with Gasteiger partial charge in [0.05, 0.1) is 5.92 Å². The summed E-state index contributed by atoms with van der Waals surface area (Å²) in [4.78, 5) is 39.1. The standard InChI is InChI=1S/C20H25N5O4S/c1-29-12-6-10-21-16(26)14-7-5-11-25(13-14)20(28)19-24-23-18(30-19)17(27)22-15-8-3-2-4-9-15/h2-4,8-9,14H,5-7,10-13H2,1H3,(H,21,26)(H,22,27)/t14-/m0/s1. The van der Waals surface area contributed by atoms with Crippen molar-refractivity contribution in [1.82, 2.24) is 20.4 Å². The minimum absolute atomic E-state index is 0.0520. The van der Waals surface area contributed by atoms with Gasteiger partial charge in [0.25, 0.3) is 11.8 Å². The van der Waals surface area contributed by atoms with Crippen LogP contribution in [0.25, 0.3) is 0 Å². The van der Waals surface area contributed by atoms with Crippen LogP contribution in [0.15, 0.2) is 30.3 Å². The van der Waals surface area contributed by atoms with Crippen LogP contribution in [-0.2, 0) is 9.53 Å². The third-order valence-electron chi connectivity index (χ3n) is 4.74. The zero-order valence-corrected chi connectivity index (χ0v) is 17.6. The first-order valence-electron chi connectivity index (χ1n) is 9.84. The smallest absolute Gasteiger partial charge is 0.286 e. The molecule has 1 saturated heterocycles. The maximum absolute atomic E-state index is 12.8. The van der Waals surface area contributed by atoms with E-state index in [-0.39, 0.29) is 27.7 Å². The van der Waals surface area contributed by atoms with Gasteiger partial charge in [0, 0.05) is 39.0 Å². The van der Waals surface area contributed by atoms with Crippen LogP contribution in [0, 0.1) is 5.92 Å². The second-order valence-electron chi connectivity index (χ2n) is 6.96. The van der Waals surface area contributed by atoms with Crippen molar-refractivity contribution < 1.29 is 19.1 Å². The molecule has 0 unspecified atom stereocenters. The first-order chi connectivity index (χ1) is 14.6. The summed E-state index contributed by atoms with van der Waals surface area (Å²) in [7, 11) is 1.62.